The maximum atomic E-state index is 5.94. The number of rotatable bonds is 0. The molecule has 1 aliphatic rings. The number of aryl methyl sites for hydroxylation is 1. The van der Waals surface area contributed by atoms with Crippen LogP contribution >= 0.6 is 0 Å². The molecule has 1 aromatic rings. The molecule has 0 spiro atoms. The number of likely N-dealkylation sites (N-methyl/N-ethyl adjacent to an activating group) is 1. The summed E-state index contributed by atoms with van der Waals surface area (Å²) in [6, 6.07) is 4.40. The van der Waals surface area contributed by atoms with Gasteiger partial charge >= 0.3 is 0 Å². The molecule has 0 bridgehead atoms. The Morgan fingerprint density at radius 3 is 3.31 bits per heavy atom. The van der Waals surface area contributed by atoms with E-state index in [1.54, 1.807) is 0 Å². The van der Waals surface area contributed by atoms with Gasteiger partial charge in [-0.1, -0.05) is 6.07 Å². The van der Waals surface area contributed by atoms with E-state index in [0.717, 1.165) is 25.2 Å². The average molecular weight is 177 g/mol. The van der Waals surface area contributed by atoms with Crippen molar-refractivity contribution in [3.8, 4) is 0 Å². The Labute approximate surface area is 78.6 Å². The van der Waals surface area contributed by atoms with Crippen molar-refractivity contribution in [2.24, 2.45) is 5.73 Å². The minimum atomic E-state index is 0.277. The lowest BCUT2D eigenvalue weighted by molar-refractivity contribution is 0.625. The van der Waals surface area contributed by atoms with E-state index in [-0.39, 0.29) is 6.04 Å². The van der Waals surface area contributed by atoms with E-state index in [1.807, 2.05) is 12.3 Å². The third-order valence-corrected chi connectivity index (χ3v) is 2.52. The van der Waals surface area contributed by atoms with Crippen LogP contribution in [0.2, 0.25) is 0 Å². The lowest BCUT2D eigenvalue weighted by Crippen LogP contribution is -2.34. The molecule has 0 amide bonds. The van der Waals surface area contributed by atoms with Gasteiger partial charge in [-0.15, -0.1) is 0 Å². The van der Waals surface area contributed by atoms with Crippen LogP contribution in [0.15, 0.2) is 18.3 Å². The van der Waals surface area contributed by atoms with Crippen molar-refractivity contribution in [3.63, 3.8) is 0 Å². The summed E-state index contributed by atoms with van der Waals surface area (Å²) < 4.78 is 0. The van der Waals surface area contributed by atoms with E-state index < -0.39 is 0 Å². The predicted molar refractivity (Wildman–Crippen MR) is 53.8 cm³/mol. The van der Waals surface area contributed by atoms with Crippen LogP contribution in [0.3, 0.4) is 0 Å². The van der Waals surface area contributed by atoms with E-state index in [4.69, 9.17) is 5.73 Å². The predicted octanol–water partition coefficient (Wildman–Crippen LogP) is 0.791. The molecule has 13 heavy (non-hydrogen) atoms. The van der Waals surface area contributed by atoms with E-state index in [9.17, 15) is 0 Å². The molecule has 2 N–H and O–H groups in total. The molecule has 0 saturated carbocycles. The second-order valence-electron chi connectivity index (χ2n) is 3.67. The Morgan fingerprint density at radius 2 is 2.46 bits per heavy atom. The van der Waals surface area contributed by atoms with Crippen LogP contribution in [0, 0.1) is 0 Å². The molecular formula is C10H15N3. The van der Waals surface area contributed by atoms with Crippen molar-refractivity contribution in [2.75, 3.05) is 18.5 Å². The van der Waals surface area contributed by atoms with Crippen molar-refractivity contribution in [2.45, 2.75) is 18.9 Å². The SMILES string of the molecule is CN1CC(N)CCc2cccnc21. The zero-order valence-electron chi connectivity index (χ0n) is 7.90. The van der Waals surface area contributed by atoms with Crippen molar-refractivity contribution in [1.82, 2.24) is 4.98 Å². The van der Waals surface area contributed by atoms with Gasteiger partial charge in [0.25, 0.3) is 0 Å². The van der Waals surface area contributed by atoms with Gasteiger partial charge in [-0.25, -0.2) is 4.98 Å². The summed E-state index contributed by atoms with van der Waals surface area (Å²) in [5.41, 5.74) is 7.25. The van der Waals surface area contributed by atoms with Crippen LogP contribution in [0.5, 0.6) is 0 Å². The van der Waals surface area contributed by atoms with Gasteiger partial charge in [-0.05, 0) is 24.5 Å². The van der Waals surface area contributed by atoms with Crippen LogP contribution in [-0.2, 0) is 6.42 Å². The zero-order valence-corrected chi connectivity index (χ0v) is 7.90. The van der Waals surface area contributed by atoms with Gasteiger partial charge in [0.2, 0.25) is 0 Å². The lowest BCUT2D eigenvalue weighted by Gasteiger charge is -2.19. The van der Waals surface area contributed by atoms with Crippen molar-refractivity contribution in [3.05, 3.63) is 23.9 Å². The number of hydrogen-bond donors (Lipinski definition) is 1. The van der Waals surface area contributed by atoms with E-state index in [2.05, 4.69) is 23.0 Å². The number of fused-ring (bicyclic) bond motifs is 1. The normalized spacial score (nSPS) is 22.3. The molecule has 2 rings (SSSR count). The largest absolute Gasteiger partial charge is 0.358 e. The van der Waals surface area contributed by atoms with Crippen LogP contribution in [0.4, 0.5) is 5.82 Å². The topological polar surface area (TPSA) is 42.1 Å². The fourth-order valence-electron chi connectivity index (χ4n) is 1.84. The van der Waals surface area contributed by atoms with Gasteiger partial charge in [0, 0.05) is 25.8 Å². The fraction of sp³-hybridized carbons (Fsp3) is 0.500. The molecule has 1 unspecified atom stereocenters. The molecule has 0 radical (unpaired) electrons. The van der Waals surface area contributed by atoms with Gasteiger partial charge in [0.1, 0.15) is 5.82 Å². The summed E-state index contributed by atoms with van der Waals surface area (Å²) >= 11 is 0. The Balaban J connectivity index is 2.35. The van der Waals surface area contributed by atoms with Crippen molar-refractivity contribution >= 4 is 5.82 Å². The molecule has 3 nitrogen and oxygen atoms in total. The minimum absolute atomic E-state index is 0.277. The Bertz CT molecular complexity index is 298. The number of aromatic nitrogens is 1. The van der Waals surface area contributed by atoms with Crippen LogP contribution in [-0.4, -0.2) is 24.6 Å². The van der Waals surface area contributed by atoms with E-state index >= 15 is 0 Å². The summed E-state index contributed by atoms with van der Waals surface area (Å²) in [5.74, 6) is 1.09. The molecule has 3 heteroatoms. The van der Waals surface area contributed by atoms with Crippen LogP contribution < -0.4 is 10.6 Å². The molecule has 1 aliphatic heterocycles. The smallest absolute Gasteiger partial charge is 0.131 e. The maximum Gasteiger partial charge on any atom is 0.131 e. The van der Waals surface area contributed by atoms with Crippen LogP contribution in [0.1, 0.15) is 12.0 Å². The standard InChI is InChI=1S/C10H15N3/c1-13-7-9(11)5-4-8-3-2-6-12-10(8)13/h2-3,6,9H,4-5,7,11H2,1H3. The summed E-state index contributed by atoms with van der Waals surface area (Å²) in [5, 5.41) is 0. The number of nitrogens with two attached hydrogens (primary N) is 1. The second kappa shape index (κ2) is 3.34. The lowest BCUT2D eigenvalue weighted by atomic mass is 10.1. The van der Waals surface area contributed by atoms with Gasteiger partial charge in [-0.3, -0.25) is 0 Å². The van der Waals surface area contributed by atoms with Gasteiger partial charge < -0.3 is 10.6 Å². The summed E-state index contributed by atoms with van der Waals surface area (Å²) in [7, 11) is 2.05. The Kier molecular flexibility index (Phi) is 2.19. The minimum Gasteiger partial charge on any atom is -0.358 e. The molecule has 0 aromatic carbocycles. The highest BCUT2D eigenvalue weighted by atomic mass is 15.2. The first-order valence-corrected chi connectivity index (χ1v) is 4.68. The first-order valence-electron chi connectivity index (χ1n) is 4.68. The van der Waals surface area contributed by atoms with E-state index in [0.29, 0.717) is 0 Å². The molecule has 0 fully saturated rings. The first kappa shape index (κ1) is 8.51. The van der Waals surface area contributed by atoms with Crippen LogP contribution in [0.25, 0.3) is 0 Å². The quantitative estimate of drug-likeness (QED) is 0.637. The first-order chi connectivity index (χ1) is 6.27. The molecule has 70 valence electrons. The number of nitrogens with zero attached hydrogens (tertiary/aromatic N) is 2. The summed E-state index contributed by atoms with van der Waals surface area (Å²) in [6.45, 7) is 0.907. The van der Waals surface area contributed by atoms with Crippen molar-refractivity contribution in [1.29, 1.82) is 0 Å². The number of hydrogen-bond acceptors (Lipinski definition) is 3. The molecule has 0 aliphatic carbocycles. The highest BCUT2D eigenvalue weighted by Crippen LogP contribution is 2.21. The van der Waals surface area contributed by atoms with E-state index in [1.165, 1.54) is 5.56 Å². The van der Waals surface area contributed by atoms with Crippen molar-refractivity contribution < 1.29 is 0 Å². The third-order valence-electron chi connectivity index (χ3n) is 2.52. The monoisotopic (exact) mass is 177 g/mol. The number of pyridine rings is 1. The zero-order chi connectivity index (χ0) is 9.26. The fourth-order valence-corrected chi connectivity index (χ4v) is 1.84. The highest BCUT2D eigenvalue weighted by molar-refractivity contribution is 5.47. The number of anilines is 1. The molecule has 0 saturated heterocycles. The molecule has 2 heterocycles. The van der Waals surface area contributed by atoms with Gasteiger partial charge in [0.05, 0.1) is 0 Å². The van der Waals surface area contributed by atoms with Gasteiger partial charge in [-0.2, -0.15) is 0 Å². The average Bonchev–Trinajstić information content (AvgIpc) is 2.27. The summed E-state index contributed by atoms with van der Waals surface area (Å²) in [6.07, 6.45) is 3.95. The van der Waals surface area contributed by atoms with Gasteiger partial charge in [0.15, 0.2) is 0 Å². The third kappa shape index (κ3) is 1.65. The molecule has 1 aromatic heterocycles. The Hall–Kier alpha value is -1.09. The Morgan fingerprint density at radius 1 is 1.62 bits per heavy atom. The second-order valence-corrected chi connectivity index (χ2v) is 3.67. The molecule has 1 atom stereocenters. The summed E-state index contributed by atoms with van der Waals surface area (Å²) in [4.78, 5) is 6.51. The maximum absolute atomic E-state index is 5.94. The highest BCUT2D eigenvalue weighted by Gasteiger charge is 2.16. The molecular weight excluding hydrogens is 162 g/mol.